The van der Waals surface area contributed by atoms with Gasteiger partial charge in [0.2, 0.25) is 0 Å². The van der Waals surface area contributed by atoms with Crippen LogP contribution in [0, 0.1) is 0 Å². The minimum absolute atomic E-state index is 1.05. The van der Waals surface area contributed by atoms with E-state index in [-0.39, 0.29) is 0 Å². The lowest BCUT2D eigenvalue weighted by atomic mass is 10.3. The normalized spacial score (nSPS) is 11.6. The zero-order valence-corrected chi connectivity index (χ0v) is 12.6. The summed E-state index contributed by atoms with van der Waals surface area (Å²) in [7, 11) is 4.27. The van der Waals surface area contributed by atoms with Gasteiger partial charge in [-0.15, -0.1) is 11.3 Å². The van der Waals surface area contributed by atoms with Crippen LogP contribution < -0.4 is 0 Å². The Morgan fingerprint density at radius 3 is 2.56 bits per heavy atom. The van der Waals surface area contributed by atoms with Crippen LogP contribution in [0.5, 0.6) is 0 Å². The molecule has 0 amide bonds. The van der Waals surface area contributed by atoms with Crippen LogP contribution in [0.3, 0.4) is 0 Å². The van der Waals surface area contributed by atoms with Crippen LogP contribution in [0.2, 0.25) is 0 Å². The molecule has 0 aliphatic rings. The molecule has 0 saturated carbocycles. The predicted octanol–water partition coefficient (Wildman–Crippen LogP) is 3.37. The molecule has 0 aliphatic carbocycles. The molecular formula is C14H20N2S2. The van der Waals surface area contributed by atoms with Crippen molar-refractivity contribution in [3.8, 4) is 0 Å². The van der Waals surface area contributed by atoms with Gasteiger partial charge in [-0.2, -0.15) is 11.3 Å². The lowest BCUT2D eigenvalue weighted by molar-refractivity contribution is 0.228. The molecule has 2 aromatic heterocycles. The van der Waals surface area contributed by atoms with Crippen LogP contribution in [-0.4, -0.2) is 37.0 Å². The molecule has 4 heteroatoms. The minimum Gasteiger partial charge on any atom is -0.308 e. The fraction of sp³-hybridized carbons (Fsp3) is 0.429. The Kier molecular flexibility index (Phi) is 5.38. The van der Waals surface area contributed by atoms with Gasteiger partial charge in [-0.05, 0) is 47.9 Å². The zero-order valence-electron chi connectivity index (χ0n) is 11.0. The maximum Gasteiger partial charge on any atom is 0.0332 e. The summed E-state index contributed by atoms with van der Waals surface area (Å²) in [5.41, 5.74) is 1.43. The Hall–Kier alpha value is -0.680. The molecule has 0 N–H and O–H groups in total. The van der Waals surface area contributed by atoms with Crippen LogP contribution in [0.25, 0.3) is 0 Å². The molecule has 0 radical (unpaired) electrons. The van der Waals surface area contributed by atoms with E-state index < -0.39 is 0 Å². The second kappa shape index (κ2) is 7.04. The molecule has 0 bridgehead atoms. The third-order valence-electron chi connectivity index (χ3n) is 2.81. The number of rotatable bonds is 7. The molecule has 0 aliphatic heterocycles. The van der Waals surface area contributed by atoms with Crippen molar-refractivity contribution in [3.05, 3.63) is 44.8 Å². The maximum absolute atomic E-state index is 2.52. The van der Waals surface area contributed by atoms with Crippen molar-refractivity contribution >= 4 is 22.7 Å². The number of likely N-dealkylation sites (N-methyl/N-ethyl adjacent to an activating group) is 1. The zero-order chi connectivity index (χ0) is 12.8. The van der Waals surface area contributed by atoms with Gasteiger partial charge in [0.25, 0.3) is 0 Å². The van der Waals surface area contributed by atoms with Gasteiger partial charge in [-0.3, -0.25) is 4.90 Å². The summed E-state index contributed by atoms with van der Waals surface area (Å²) in [6.07, 6.45) is 0. The summed E-state index contributed by atoms with van der Waals surface area (Å²) in [6, 6.07) is 6.58. The topological polar surface area (TPSA) is 6.48 Å². The van der Waals surface area contributed by atoms with E-state index in [4.69, 9.17) is 0 Å². The van der Waals surface area contributed by atoms with Crippen LogP contribution in [-0.2, 0) is 13.1 Å². The average Bonchev–Trinajstić information content (AvgIpc) is 2.98. The highest BCUT2D eigenvalue weighted by atomic mass is 32.1. The van der Waals surface area contributed by atoms with Crippen molar-refractivity contribution in [2.45, 2.75) is 13.1 Å². The highest BCUT2D eigenvalue weighted by Crippen LogP contribution is 2.15. The number of thiophene rings is 2. The Labute approximate surface area is 117 Å². The molecule has 0 atom stereocenters. The molecule has 18 heavy (non-hydrogen) atoms. The van der Waals surface area contributed by atoms with Gasteiger partial charge in [0, 0.05) is 31.1 Å². The first-order valence-electron chi connectivity index (χ1n) is 6.14. The fourth-order valence-corrected chi connectivity index (χ4v) is 3.23. The minimum atomic E-state index is 1.05. The molecule has 2 rings (SSSR count). The van der Waals surface area contributed by atoms with Gasteiger partial charge < -0.3 is 4.90 Å². The molecule has 2 nitrogen and oxygen atoms in total. The van der Waals surface area contributed by atoms with Crippen molar-refractivity contribution < 1.29 is 0 Å². The van der Waals surface area contributed by atoms with Crippen molar-refractivity contribution in [1.82, 2.24) is 9.80 Å². The van der Waals surface area contributed by atoms with Crippen molar-refractivity contribution in [2.24, 2.45) is 0 Å². The third kappa shape index (κ3) is 4.53. The van der Waals surface area contributed by atoms with E-state index in [1.54, 1.807) is 11.3 Å². The Balaban J connectivity index is 1.93. The predicted molar refractivity (Wildman–Crippen MR) is 81.3 cm³/mol. The summed E-state index contributed by atoms with van der Waals surface area (Å²) in [6.45, 7) is 4.33. The molecular weight excluding hydrogens is 260 g/mol. The first kappa shape index (κ1) is 13.7. The number of hydrogen-bond donors (Lipinski definition) is 0. The fourth-order valence-electron chi connectivity index (χ4n) is 1.82. The van der Waals surface area contributed by atoms with Crippen LogP contribution >= 0.6 is 22.7 Å². The Bertz CT molecular complexity index is 384. The second-order valence-electron chi connectivity index (χ2n) is 4.72. The molecule has 0 aromatic carbocycles. The summed E-state index contributed by atoms with van der Waals surface area (Å²) in [5, 5.41) is 6.56. The van der Waals surface area contributed by atoms with E-state index >= 15 is 0 Å². The molecule has 2 aromatic rings. The van der Waals surface area contributed by atoms with Crippen molar-refractivity contribution in [3.63, 3.8) is 0 Å². The molecule has 0 fully saturated rings. The average molecular weight is 280 g/mol. The molecule has 0 saturated heterocycles. The molecule has 0 spiro atoms. The number of nitrogens with zero attached hydrogens (tertiary/aromatic N) is 2. The molecule has 98 valence electrons. The van der Waals surface area contributed by atoms with Gasteiger partial charge >= 0.3 is 0 Å². The van der Waals surface area contributed by atoms with E-state index in [2.05, 4.69) is 58.2 Å². The van der Waals surface area contributed by atoms with E-state index in [0.717, 1.165) is 26.2 Å². The van der Waals surface area contributed by atoms with Crippen LogP contribution in [0.1, 0.15) is 10.4 Å². The van der Waals surface area contributed by atoms with Gasteiger partial charge in [-0.25, -0.2) is 0 Å². The standard InChI is InChI=1S/C14H20N2S2/c1-15(2)6-7-16(10-13-5-9-17-12-13)11-14-4-3-8-18-14/h3-5,8-9,12H,6-7,10-11H2,1-2H3. The van der Waals surface area contributed by atoms with Crippen molar-refractivity contribution in [1.29, 1.82) is 0 Å². The SMILES string of the molecule is CN(C)CCN(Cc1ccsc1)Cc1cccs1. The van der Waals surface area contributed by atoms with Crippen LogP contribution in [0.15, 0.2) is 34.3 Å². The second-order valence-corrected chi connectivity index (χ2v) is 6.54. The monoisotopic (exact) mass is 280 g/mol. The van der Waals surface area contributed by atoms with Gasteiger partial charge in [0.05, 0.1) is 0 Å². The Morgan fingerprint density at radius 1 is 1.06 bits per heavy atom. The Morgan fingerprint density at radius 2 is 1.94 bits per heavy atom. The van der Waals surface area contributed by atoms with Gasteiger partial charge in [0.15, 0.2) is 0 Å². The van der Waals surface area contributed by atoms with E-state index in [0.29, 0.717) is 0 Å². The van der Waals surface area contributed by atoms with E-state index in [1.807, 2.05) is 11.3 Å². The summed E-state index contributed by atoms with van der Waals surface area (Å²) < 4.78 is 0. The molecule has 0 unspecified atom stereocenters. The third-order valence-corrected chi connectivity index (χ3v) is 4.40. The molecule has 2 heterocycles. The maximum atomic E-state index is 2.52. The summed E-state index contributed by atoms with van der Waals surface area (Å²) >= 11 is 3.62. The van der Waals surface area contributed by atoms with E-state index in [1.165, 1.54) is 10.4 Å². The highest BCUT2D eigenvalue weighted by molar-refractivity contribution is 7.09. The largest absolute Gasteiger partial charge is 0.308 e. The first-order valence-corrected chi connectivity index (χ1v) is 7.97. The van der Waals surface area contributed by atoms with Gasteiger partial charge in [-0.1, -0.05) is 6.07 Å². The van der Waals surface area contributed by atoms with Gasteiger partial charge in [0.1, 0.15) is 0 Å². The lowest BCUT2D eigenvalue weighted by Gasteiger charge is -2.23. The van der Waals surface area contributed by atoms with E-state index in [9.17, 15) is 0 Å². The van der Waals surface area contributed by atoms with Crippen molar-refractivity contribution in [2.75, 3.05) is 27.2 Å². The van der Waals surface area contributed by atoms with Crippen LogP contribution in [0.4, 0.5) is 0 Å². The summed E-state index contributed by atoms with van der Waals surface area (Å²) in [4.78, 5) is 6.21. The summed E-state index contributed by atoms with van der Waals surface area (Å²) in [5.74, 6) is 0. The smallest absolute Gasteiger partial charge is 0.0332 e. The number of hydrogen-bond acceptors (Lipinski definition) is 4. The quantitative estimate of drug-likeness (QED) is 0.767. The highest BCUT2D eigenvalue weighted by Gasteiger charge is 2.08. The first-order chi connectivity index (χ1) is 8.74. The lowest BCUT2D eigenvalue weighted by Crippen LogP contribution is -2.30.